The van der Waals surface area contributed by atoms with Crippen molar-refractivity contribution in [3.05, 3.63) is 89.5 Å². The summed E-state index contributed by atoms with van der Waals surface area (Å²) >= 11 is 0. The van der Waals surface area contributed by atoms with E-state index in [2.05, 4.69) is 5.32 Å². The van der Waals surface area contributed by atoms with Crippen LogP contribution in [0.3, 0.4) is 0 Å². The molecule has 0 bridgehead atoms. The number of anilines is 2. The molecule has 3 aromatic rings. The van der Waals surface area contributed by atoms with E-state index in [1.807, 2.05) is 0 Å². The molecule has 0 saturated heterocycles. The predicted molar refractivity (Wildman–Crippen MR) is 113 cm³/mol. The Balaban J connectivity index is 1.68. The molecule has 0 atom stereocenters. The molecule has 1 aliphatic heterocycles. The highest BCUT2D eigenvalue weighted by Gasteiger charge is 2.41. The first-order valence-electron chi connectivity index (χ1n) is 9.70. The maximum Gasteiger partial charge on any atom is 0.271 e. The Bertz CT molecular complexity index is 1160. The van der Waals surface area contributed by atoms with Crippen LogP contribution in [0.2, 0.25) is 0 Å². The third-order valence-electron chi connectivity index (χ3n) is 5.01. The fourth-order valence-corrected chi connectivity index (χ4v) is 3.40. The van der Waals surface area contributed by atoms with E-state index < -0.39 is 17.3 Å². The number of para-hydroxylation sites is 1. The highest BCUT2D eigenvalue weighted by molar-refractivity contribution is 6.07. The molecule has 0 unspecified atom stereocenters. The minimum absolute atomic E-state index is 0.0573. The number of hydrogen-bond acceptors (Lipinski definition) is 3. The van der Waals surface area contributed by atoms with Gasteiger partial charge in [-0.15, -0.1) is 0 Å². The number of rotatable bonds is 4. The summed E-state index contributed by atoms with van der Waals surface area (Å²) in [4.78, 5) is 27.3. The molecule has 7 heteroatoms. The molecular weight excluding hydrogens is 402 g/mol. The summed E-state index contributed by atoms with van der Waals surface area (Å²) in [6, 6.07) is 16.4. The largest absolute Gasteiger partial charge is 0.476 e. The number of carbonyl (C=O) groups excluding carboxylic acids is 2. The molecule has 4 rings (SSSR count). The van der Waals surface area contributed by atoms with E-state index in [1.54, 1.807) is 44.2 Å². The number of hydrogen-bond donors (Lipinski definition) is 1. The van der Waals surface area contributed by atoms with E-state index in [0.717, 1.165) is 5.56 Å². The van der Waals surface area contributed by atoms with Crippen molar-refractivity contribution in [3.8, 4) is 5.75 Å². The van der Waals surface area contributed by atoms with Crippen molar-refractivity contribution in [3.63, 3.8) is 0 Å². The van der Waals surface area contributed by atoms with Gasteiger partial charge in [0.15, 0.2) is 5.60 Å². The number of nitrogens with zero attached hydrogens (tertiary/aromatic N) is 1. The van der Waals surface area contributed by atoms with Crippen molar-refractivity contribution in [1.29, 1.82) is 0 Å². The summed E-state index contributed by atoms with van der Waals surface area (Å²) in [5.74, 6) is -1.30. The average molecular weight is 422 g/mol. The highest BCUT2D eigenvalue weighted by Crippen LogP contribution is 2.39. The second kappa shape index (κ2) is 7.83. The summed E-state index contributed by atoms with van der Waals surface area (Å²) in [6.07, 6.45) is 0. The molecular formula is C24H20F2N2O3. The lowest BCUT2D eigenvalue weighted by Gasteiger charge is -2.39. The molecule has 158 valence electrons. The Kier molecular flexibility index (Phi) is 5.19. The second-order valence-electron chi connectivity index (χ2n) is 7.75. The smallest absolute Gasteiger partial charge is 0.271 e. The van der Waals surface area contributed by atoms with Gasteiger partial charge in [0.2, 0.25) is 0 Å². The van der Waals surface area contributed by atoms with Crippen LogP contribution in [0.25, 0.3) is 0 Å². The van der Waals surface area contributed by atoms with Gasteiger partial charge in [-0.1, -0.05) is 24.3 Å². The standard InChI is InChI=1S/C24H20F2N2O3/c1-24(2)23(30)28(14-15-7-10-17(25)11-8-15)20-13-16(9-12-21(20)31-24)22(29)27-19-6-4-3-5-18(19)26/h3-13H,14H2,1-2H3,(H,27,29). The maximum atomic E-state index is 13.9. The molecule has 0 saturated carbocycles. The lowest BCUT2D eigenvalue weighted by atomic mass is 10.0. The SMILES string of the molecule is CC1(C)Oc2ccc(C(=O)Nc3ccccc3F)cc2N(Cc2ccc(F)cc2)C1=O. The molecule has 3 aromatic carbocycles. The van der Waals surface area contributed by atoms with Gasteiger partial charge in [0.1, 0.15) is 17.4 Å². The van der Waals surface area contributed by atoms with Crippen molar-refractivity contribution in [2.75, 3.05) is 10.2 Å². The minimum Gasteiger partial charge on any atom is -0.476 e. The van der Waals surface area contributed by atoms with E-state index in [4.69, 9.17) is 4.74 Å². The van der Waals surface area contributed by atoms with Crippen LogP contribution in [0.1, 0.15) is 29.8 Å². The number of benzene rings is 3. The molecule has 0 radical (unpaired) electrons. The molecule has 0 spiro atoms. The topological polar surface area (TPSA) is 58.6 Å². The second-order valence-corrected chi connectivity index (χ2v) is 7.75. The monoisotopic (exact) mass is 422 g/mol. The molecule has 31 heavy (non-hydrogen) atoms. The maximum absolute atomic E-state index is 13.9. The predicted octanol–water partition coefficient (Wildman–Crippen LogP) is 4.92. The van der Waals surface area contributed by atoms with Gasteiger partial charge in [-0.25, -0.2) is 8.78 Å². The summed E-state index contributed by atoms with van der Waals surface area (Å²) in [6.45, 7) is 3.50. The van der Waals surface area contributed by atoms with E-state index >= 15 is 0 Å². The van der Waals surface area contributed by atoms with Crippen LogP contribution in [-0.2, 0) is 11.3 Å². The van der Waals surface area contributed by atoms with Gasteiger partial charge in [0.05, 0.1) is 17.9 Å². The Morgan fingerprint density at radius 2 is 1.74 bits per heavy atom. The zero-order chi connectivity index (χ0) is 22.2. The number of nitrogens with one attached hydrogen (secondary N) is 1. The normalized spacial score (nSPS) is 14.6. The van der Waals surface area contributed by atoms with E-state index in [9.17, 15) is 18.4 Å². The molecule has 5 nitrogen and oxygen atoms in total. The van der Waals surface area contributed by atoms with E-state index in [0.29, 0.717) is 11.4 Å². The molecule has 1 heterocycles. The molecule has 1 aliphatic rings. The summed E-state index contributed by atoms with van der Waals surface area (Å²) in [7, 11) is 0. The van der Waals surface area contributed by atoms with Crippen LogP contribution in [0.5, 0.6) is 5.75 Å². The number of amides is 2. The van der Waals surface area contributed by atoms with E-state index in [-0.39, 0.29) is 29.5 Å². The molecule has 2 amide bonds. The zero-order valence-corrected chi connectivity index (χ0v) is 17.0. The van der Waals surface area contributed by atoms with Gasteiger partial charge in [-0.3, -0.25) is 9.59 Å². The van der Waals surface area contributed by atoms with Gasteiger partial charge in [-0.2, -0.15) is 0 Å². The summed E-state index contributed by atoms with van der Waals surface area (Å²) in [5.41, 5.74) is 0.322. The fourth-order valence-electron chi connectivity index (χ4n) is 3.40. The molecule has 0 aromatic heterocycles. The molecule has 0 fully saturated rings. The third kappa shape index (κ3) is 4.12. The first kappa shape index (κ1) is 20.5. The third-order valence-corrected chi connectivity index (χ3v) is 5.01. The quantitative estimate of drug-likeness (QED) is 0.649. The van der Waals surface area contributed by atoms with Gasteiger partial charge >= 0.3 is 0 Å². The number of carbonyl (C=O) groups is 2. The van der Waals surface area contributed by atoms with Crippen LogP contribution in [-0.4, -0.2) is 17.4 Å². The first-order chi connectivity index (χ1) is 14.7. The van der Waals surface area contributed by atoms with Crippen molar-refractivity contribution in [2.24, 2.45) is 0 Å². The Morgan fingerprint density at radius 1 is 1.03 bits per heavy atom. The van der Waals surface area contributed by atoms with Gasteiger partial charge in [0, 0.05) is 5.56 Å². The number of halogens is 2. The van der Waals surface area contributed by atoms with Crippen LogP contribution < -0.4 is 15.0 Å². The zero-order valence-electron chi connectivity index (χ0n) is 17.0. The number of fused-ring (bicyclic) bond motifs is 1. The van der Waals surface area contributed by atoms with Crippen LogP contribution >= 0.6 is 0 Å². The van der Waals surface area contributed by atoms with Crippen LogP contribution in [0, 0.1) is 11.6 Å². The highest BCUT2D eigenvalue weighted by atomic mass is 19.1. The van der Waals surface area contributed by atoms with Gasteiger partial charge in [-0.05, 0) is 61.9 Å². The van der Waals surface area contributed by atoms with Gasteiger partial charge in [0.25, 0.3) is 11.8 Å². The summed E-state index contributed by atoms with van der Waals surface area (Å²) < 4.78 is 33.0. The van der Waals surface area contributed by atoms with Gasteiger partial charge < -0.3 is 15.0 Å². The van der Waals surface area contributed by atoms with Crippen molar-refractivity contribution >= 4 is 23.2 Å². The van der Waals surface area contributed by atoms with Crippen LogP contribution in [0.15, 0.2) is 66.7 Å². The molecule has 1 N–H and O–H groups in total. The van der Waals surface area contributed by atoms with Crippen LogP contribution in [0.4, 0.5) is 20.2 Å². The lowest BCUT2D eigenvalue weighted by molar-refractivity contribution is -0.132. The molecule has 0 aliphatic carbocycles. The average Bonchev–Trinajstić information content (AvgIpc) is 2.74. The van der Waals surface area contributed by atoms with E-state index in [1.165, 1.54) is 41.3 Å². The Hall–Kier alpha value is -3.74. The Morgan fingerprint density at radius 3 is 2.45 bits per heavy atom. The fraction of sp³-hybridized carbons (Fsp3) is 0.167. The Labute approximate surface area is 178 Å². The minimum atomic E-state index is -1.11. The first-order valence-corrected chi connectivity index (χ1v) is 9.70. The van der Waals surface area contributed by atoms with Crippen molar-refractivity contribution in [2.45, 2.75) is 26.0 Å². The van der Waals surface area contributed by atoms with Crippen molar-refractivity contribution < 1.29 is 23.1 Å². The number of ether oxygens (including phenoxy) is 1. The lowest BCUT2D eigenvalue weighted by Crippen LogP contribution is -2.52. The van der Waals surface area contributed by atoms with Crippen molar-refractivity contribution in [1.82, 2.24) is 0 Å². The summed E-state index contributed by atoms with van der Waals surface area (Å²) in [5, 5.41) is 2.53.